The molecule has 0 aromatic carbocycles. The van der Waals surface area contributed by atoms with E-state index in [-0.39, 0.29) is 0 Å². The van der Waals surface area contributed by atoms with Crippen molar-refractivity contribution in [3.63, 3.8) is 0 Å². The first-order valence-corrected chi connectivity index (χ1v) is 6.00. The highest BCUT2D eigenvalue weighted by atomic mass is 16.4. The molecule has 0 bridgehead atoms. The van der Waals surface area contributed by atoms with Crippen molar-refractivity contribution in [1.82, 2.24) is 15.2 Å². The fourth-order valence-electron chi connectivity index (χ4n) is 2.20. The highest BCUT2D eigenvalue weighted by Gasteiger charge is 2.19. The molecule has 2 heterocycles. The van der Waals surface area contributed by atoms with Crippen molar-refractivity contribution >= 4 is 0 Å². The van der Waals surface area contributed by atoms with Gasteiger partial charge in [-0.05, 0) is 46.8 Å². The Bertz CT molecular complexity index is 323. The summed E-state index contributed by atoms with van der Waals surface area (Å²) in [4.78, 5) is 6.77. The van der Waals surface area contributed by atoms with E-state index in [1.54, 1.807) is 0 Å². The molecule has 1 N–H and O–H groups in total. The van der Waals surface area contributed by atoms with Crippen LogP contribution in [-0.4, -0.2) is 36.1 Å². The minimum atomic E-state index is 0.661. The molecule has 2 rings (SSSR count). The smallest absolute Gasteiger partial charge is 0.208 e. The molecular weight excluding hydrogens is 202 g/mol. The van der Waals surface area contributed by atoms with Gasteiger partial charge in [-0.1, -0.05) is 0 Å². The zero-order valence-electron chi connectivity index (χ0n) is 10.4. The fraction of sp³-hybridized carbons (Fsp3) is 0.750. The molecule has 0 amide bonds. The Morgan fingerprint density at radius 3 is 2.62 bits per heavy atom. The Balaban J connectivity index is 1.93. The third-order valence-electron chi connectivity index (χ3n) is 3.39. The van der Waals surface area contributed by atoms with E-state index >= 15 is 0 Å². The standard InChI is InChI=1S/C12H21N3O/c1-9-10(2)16-12(14-9)8-15(3)11-4-6-13-7-5-11/h11,13H,4-8H2,1-3H3. The Kier molecular flexibility index (Phi) is 3.61. The van der Waals surface area contributed by atoms with Gasteiger partial charge in [-0.2, -0.15) is 0 Å². The van der Waals surface area contributed by atoms with Crippen LogP contribution < -0.4 is 5.32 Å². The second-order valence-corrected chi connectivity index (χ2v) is 4.65. The molecule has 90 valence electrons. The van der Waals surface area contributed by atoms with E-state index in [2.05, 4.69) is 22.2 Å². The summed E-state index contributed by atoms with van der Waals surface area (Å²) in [5, 5.41) is 3.38. The van der Waals surface area contributed by atoms with E-state index in [0.29, 0.717) is 6.04 Å². The minimum Gasteiger partial charge on any atom is -0.444 e. The molecule has 0 atom stereocenters. The summed E-state index contributed by atoms with van der Waals surface area (Å²) in [5.74, 6) is 1.78. The van der Waals surface area contributed by atoms with Gasteiger partial charge in [0.15, 0.2) is 0 Å². The lowest BCUT2D eigenvalue weighted by molar-refractivity contribution is 0.176. The Morgan fingerprint density at radius 1 is 1.38 bits per heavy atom. The maximum absolute atomic E-state index is 5.61. The van der Waals surface area contributed by atoms with Gasteiger partial charge >= 0.3 is 0 Å². The molecule has 1 aromatic heterocycles. The van der Waals surface area contributed by atoms with Crippen molar-refractivity contribution in [2.75, 3.05) is 20.1 Å². The maximum Gasteiger partial charge on any atom is 0.208 e. The molecule has 16 heavy (non-hydrogen) atoms. The Labute approximate surface area is 97.0 Å². The van der Waals surface area contributed by atoms with Crippen molar-refractivity contribution < 1.29 is 4.42 Å². The van der Waals surface area contributed by atoms with Crippen molar-refractivity contribution in [3.05, 3.63) is 17.3 Å². The Hall–Kier alpha value is -0.870. The third kappa shape index (κ3) is 2.62. The van der Waals surface area contributed by atoms with Gasteiger partial charge in [-0.3, -0.25) is 4.90 Å². The normalized spacial score (nSPS) is 18.2. The number of nitrogens with zero attached hydrogens (tertiary/aromatic N) is 2. The van der Waals surface area contributed by atoms with Crippen molar-refractivity contribution in [1.29, 1.82) is 0 Å². The molecule has 0 saturated carbocycles. The first-order valence-electron chi connectivity index (χ1n) is 6.00. The van der Waals surface area contributed by atoms with E-state index in [1.807, 2.05) is 13.8 Å². The van der Waals surface area contributed by atoms with Gasteiger partial charge in [0.25, 0.3) is 0 Å². The minimum absolute atomic E-state index is 0.661. The first-order chi connectivity index (χ1) is 7.66. The predicted octanol–water partition coefficient (Wildman–Crippen LogP) is 1.48. The van der Waals surface area contributed by atoms with E-state index in [9.17, 15) is 0 Å². The maximum atomic E-state index is 5.61. The van der Waals surface area contributed by atoms with Gasteiger partial charge in [-0.15, -0.1) is 0 Å². The number of aromatic nitrogens is 1. The summed E-state index contributed by atoms with van der Waals surface area (Å²) in [6.45, 7) is 7.03. The lowest BCUT2D eigenvalue weighted by Crippen LogP contribution is -2.40. The fourth-order valence-corrected chi connectivity index (χ4v) is 2.20. The molecule has 1 saturated heterocycles. The molecule has 0 spiro atoms. The molecule has 1 aromatic rings. The predicted molar refractivity (Wildman–Crippen MR) is 63.3 cm³/mol. The Morgan fingerprint density at radius 2 is 2.06 bits per heavy atom. The zero-order chi connectivity index (χ0) is 11.5. The molecule has 0 unspecified atom stereocenters. The van der Waals surface area contributed by atoms with Crippen molar-refractivity contribution in [3.8, 4) is 0 Å². The highest BCUT2D eigenvalue weighted by Crippen LogP contribution is 2.15. The summed E-state index contributed by atoms with van der Waals surface area (Å²) < 4.78 is 5.61. The number of hydrogen-bond donors (Lipinski definition) is 1. The summed E-state index contributed by atoms with van der Waals surface area (Å²) >= 11 is 0. The van der Waals surface area contributed by atoms with Crippen LogP contribution in [0.1, 0.15) is 30.2 Å². The monoisotopic (exact) mass is 223 g/mol. The number of rotatable bonds is 3. The lowest BCUT2D eigenvalue weighted by atomic mass is 10.1. The molecule has 0 aliphatic carbocycles. The van der Waals surface area contributed by atoms with Crippen molar-refractivity contribution in [2.24, 2.45) is 0 Å². The zero-order valence-corrected chi connectivity index (χ0v) is 10.4. The summed E-state index contributed by atoms with van der Waals surface area (Å²) in [6, 6.07) is 0.661. The largest absolute Gasteiger partial charge is 0.444 e. The number of aryl methyl sites for hydroxylation is 2. The van der Waals surface area contributed by atoms with Gasteiger partial charge in [0.2, 0.25) is 5.89 Å². The van der Waals surface area contributed by atoms with E-state index in [1.165, 1.54) is 12.8 Å². The van der Waals surface area contributed by atoms with E-state index < -0.39 is 0 Å². The van der Waals surface area contributed by atoms with Gasteiger partial charge < -0.3 is 9.73 Å². The first kappa shape index (κ1) is 11.6. The summed E-state index contributed by atoms with van der Waals surface area (Å²) in [7, 11) is 2.16. The molecule has 4 nitrogen and oxygen atoms in total. The highest BCUT2D eigenvalue weighted by molar-refractivity contribution is 5.05. The lowest BCUT2D eigenvalue weighted by Gasteiger charge is -2.30. The quantitative estimate of drug-likeness (QED) is 0.842. The molecule has 1 aliphatic rings. The van der Waals surface area contributed by atoms with Crippen LogP contribution in [0.2, 0.25) is 0 Å². The van der Waals surface area contributed by atoms with E-state index in [0.717, 1.165) is 37.0 Å². The van der Waals surface area contributed by atoms with Gasteiger partial charge in [0, 0.05) is 6.04 Å². The molecule has 4 heteroatoms. The van der Waals surface area contributed by atoms with Crippen LogP contribution in [0.3, 0.4) is 0 Å². The van der Waals surface area contributed by atoms with Crippen molar-refractivity contribution in [2.45, 2.75) is 39.3 Å². The number of oxazole rings is 1. The second-order valence-electron chi connectivity index (χ2n) is 4.65. The number of nitrogens with one attached hydrogen (secondary N) is 1. The SMILES string of the molecule is Cc1nc(CN(C)C2CCNCC2)oc1C. The average Bonchev–Trinajstić information content (AvgIpc) is 2.59. The van der Waals surface area contributed by atoms with Gasteiger partial charge in [0.1, 0.15) is 5.76 Å². The van der Waals surface area contributed by atoms with E-state index in [4.69, 9.17) is 4.42 Å². The van der Waals surface area contributed by atoms with Crippen LogP contribution in [-0.2, 0) is 6.54 Å². The van der Waals surface area contributed by atoms with Gasteiger partial charge in [-0.25, -0.2) is 4.98 Å². The van der Waals surface area contributed by atoms with Crippen LogP contribution in [0, 0.1) is 13.8 Å². The number of piperidine rings is 1. The summed E-state index contributed by atoms with van der Waals surface area (Å²) in [6.07, 6.45) is 2.43. The molecule has 1 aliphatic heterocycles. The number of hydrogen-bond acceptors (Lipinski definition) is 4. The van der Waals surface area contributed by atoms with Crippen LogP contribution in [0.5, 0.6) is 0 Å². The van der Waals surface area contributed by atoms with Gasteiger partial charge in [0.05, 0.1) is 12.2 Å². The topological polar surface area (TPSA) is 41.3 Å². The summed E-state index contributed by atoms with van der Waals surface area (Å²) in [5.41, 5.74) is 1.01. The average molecular weight is 223 g/mol. The van der Waals surface area contributed by atoms with Crippen LogP contribution in [0.4, 0.5) is 0 Å². The molecule has 0 radical (unpaired) electrons. The molecule has 1 fully saturated rings. The van der Waals surface area contributed by atoms with Crippen LogP contribution in [0.15, 0.2) is 4.42 Å². The van der Waals surface area contributed by atoms with Crippen LogP contribution >= 0.6 is 0 Å². The van der Waals surface area contributed by atoms with Crippen LogP contribution in [0.25, 0.3) is 0 Å². The second kappa shape index (κ2) is 4.97. The molecular formula is C12H21N3O. The third-order valence-corrected chi connectivity index (χ3v) is 3.39.